The molecule has 0 unspecified atom stereocenters. The van der Waals surface area contributed by atoms with Gasteiger partial charge >= 0.3 is 0 Å². The molecule has 9 nitrogen and oxygen atoms in total. The molecular formula is C22H25N5O4. The smallest absolute Gasteiger partial charge is 0.276 e. The van der Waals surface area contributed by atoms with Crippen LogP contribution in [-0.2, 0) is 0 Å². The molecule has 1 N–H and O–H groups in total. The number of carbonyl (C=O) groups is 1. The first kappa shape index (κ1) is 22.0. The van der Waals surface area contributed by atoms with E-state index in [4.69, 9.17) is 4.74 Å². The van der Waals surface area contributed by atoms with Crippen LogP contribution in [0.1, 0.15) is 24.3 Å². The second kappa shape index (κ2) is 10.4. The van der Waals surface area contributed by atoms with Crippen molar-refractivity contribution < 1.29 is 14.5 Å². The number of nitro benzene ring substituents is 1. The van der Waals surface area contributed by atoms with Crippen LogP contribution >= 0.6 is 0 Å². The van der Waals surface area contributed by atoms with Gasteiger partial charge in [-0.25, -0.2) is 4.68 Å². The summed E-state index contributed by atoms with van der Waals surface area (Å²) in [6, 6.07) is 14.7. The van der Waals surface area contributed by atoms with Crippen molar-refractivity contribution in [3.05, 3.63) is 76.6 Å². The molecule has 0 bridgehead atoms. The molecule has 0 saturated heterocycles. The van der Waals surface area contributed by atoms with Gasteiger partial charge in [-0.05, 0) is 49.5 Å². The lowest BCUT2D eigenvalue weighted by molar-refractivity contribution is -0.384. The van der Waals surface area contributed by atoms with Crippen LogP contribution in [0.25, 0.3) is 5.69 Å². The Balaban J connectivity index is 1.58. The number of likely N-dealkylation sites (N-methyl/N-ethyl adjacent to an activating group) is 1. The normalized spacial score (nSPS) is 10.8. The summed E-state index contributed by atoms with van der Waals surface area (Å²) in [4.78, 5) is 25.2. The Labute approximate surface area is 180 Å². The number of carbonyl (C=O) groups excluding carboxylic acids is 1. The first-order valence-electron chi connectivity index (χ1n) is 10.1. The Kier molecular flexibility index (Phi) is 7.34. The Bertz CT molecular complexity index is 1030. The van der Waals surface area contributed by atoms with Crippen molar-refractivity contribution in [2.24, 2.45) is 0 Å². The van der Waals surface area contributed by atoms with Crippen LogP contribution in [0.15, 0.2) is 60.8 Å². The lowest BCUT2D eigenvalue weighted by Crippen LogP contribution is -2.27. The molecule has 1 aromatic heterocycles. The molecule has 3 aromatic rings. The second-order valence-corrected chi connectivity index (χ2v) is 6.78. The summed E-state index contributed by atoms with van der Waals surface area (Å²) in [5.74, 6) is 0.361. The molecule has 0 radical (unpaired) electrons. The Morgan fingerprint density at radius 1 is 1.16 bits per heavy atom. The van der Waals surface area contributed by atoms with Gasteiger partial charge in [-0.15, -0.1) is 0 Å². The van der Waals surface area contributed by atoms with Crippen LogP contribution in [-0.4, -0.2) is 51.8 Å². The van der Waals surface area contributed by atoms with Gasteiger partial charge in [0.05, 0.1) is 10.6 Å². The topological polar surface area (TPSA) is 103 Å². The number of benzene rings is 2. The van der Waals surface area contributed by atoms with Crippen molar-refractivity contribution in [1.82, 2.24) is 14.7 Å². The van der Waals surface area contributed by atoms with Gasteiger partial charge in [-0.1, -0.05) is 19.9 Å². The number of amides is 1. The number of aromatic nitrogens is 2. The zero-order valence-electron chi connectivity index (χ0n) is 17.5. The molecule has 2 aromatic carbocycles. The molecule has 0 aliphatic heterocycles. The maximum atomic E-state index is 12.5. The van der Waals surface area contributed by atoms with Crippen LogP contribution in [0, 0.1) is 10.1 Å². The molecule has 0 aliphatic carbocycles. The minimum Gasteiger partial charge on any atom is -0.492 e. The molecule has 1 amide bonds. The predicted octanol–water partition coefficient (Wildman–Crippen LogP) is 3.75. The maximum absolute atomic E-state index is 12.5. The average molecular weight is 423 g/mol. The Hall–Kier alpha value is -3.72. The molecular weight excluding hydrogens is 398 g/mol. The maximum Gasteiger partial charge on any atom is 0.276 e. The minimum absolute atomic E-state index is 0.0431. The summed E-state index contributed by atoms with van der Waals surface area (Å²) in [6.07, 6.45) is 1.58. The number of hydrogen-bond acceptors (Lipinski definition) is 6. The molecule has 162 valence electrons. The molecule has 0 fully saturated rings. The molecule has 1 heterocycles. The van der Waals surface area contributed by atoms with Crippen molar-refractivity contribution in [3.63, 3.8) is 0 Å². The third-order valence-corrected chi connectivity index (χ3v) is 4.81. The highest BCUT2D eigenvalue weighted by atomic mass is 16.6. The average Bonchev–Trinajstić information content (AvgIpc) is 3.28. The van der Waals surface area contributed by atoms with Gasteiger partial charge in [0, 0.05) is 30.6 Å². The molecule has 9 heteroatoms. The second-order valence-electron chi connectivity index (χ2n) is 6.78. The third-order valence-electron chi connectivity index (χ3n) is 4.81. The summed E-state index contributed by atoms with van der Waals surface area (Å²) in [6.45, 7) is 7.67. The highest BCUT2D eigenvalue weighted by Crippen LogP contribution is 2.18. The summed E-state index contributed by atoms with van der Waals surface area (Å²) < 4.78 is 7.17. The van der Waals surface area contributed by atoms with Gasteiger partial charge in [-0.2, -0.15) is 5.10 Å². The van der Waals surface area contributed by atoms with Crippen molar-refractivity contribution in [1.29, 1.82) is 0 Å². The van der Waals surface area contributed by atoms with Gasteiger partial charge in [0.2, 0.25) is 0 Å². The molecule has 0 spiro atoms. The zero-order chi connectivity index (χ0) is 22.2. The fourth-order valence-corrected chi connectivity index (χ4v) is 3.00. The van der Waals surface area contributed by atoms with Gasteiger partial charge in [0.1, 0.15) is 12.4 Å². The number of rotatable bonds is 10. The van der Waals surface area contributed by atoms with Gasteiger partial charge in [0.15, 0.2) is 5.69 Å². The van der Waals surface area contributed by atoms with Crippen LogP contribution in [0.5, 0.6) is 5.75 Å². The predicted molar refractivity (Wildman–Crippen MR) is 118 cm³/mol. The van der Waals surface area contributed by atoms with Crippen LogP contribution in [0.4, 0.5) is 11.4 Å². The van der Waals surface area contributed by atoms with Crippen molar-refractivity contribution >= 4 is 17.3 Å². The number of anilines is 1. The summed E-state index contributed by atoms with van der Waals surface area (Å²) >= 11 is 0. The molecule has 31 heavy (non-hydrogen) atoms. The van der Waals surface area contributed by atoms with Crippen molar-refractivity contribution in [2.75, 3.05) is 31.6 Å². The summed E-state index contributed by atoms with van der Waals surface area (Å²) in [5.41, 5.74) is 1.27. The number of ether oxygens (including phenoxy) is 1. The van der Waals surface area contributed by atoms with Crippen LogP contribution < -0.4 is 10.1 Å². The third kappa shape index (κ3) is 5.89. The van der Waals surface area contributed by atoms with E-state index >= 15 is 0 Å². The first-order valence-corrected chi connectivity index (χ1v) is 10.1. The van der Waals surface area contributed by atoms with E-state index in [9.17, 15) is 14.9 Å². The van der Waals surface area contributed by atoms with Crippen molar-refractivity contribution in [2.45, 2.75) is 13.8 Å². The lowest BCUT2D eigenvalue weighted by Gasteiger charge is -2.18. The largest absolute Gasteiger partial charge is 0.492 e. The number of hydrogen-bond donors (Lipinski definition) is 1. The molecule has 0 aliphatic rings. The zero-order valence-corrected chi connectivity index (χ0v) is 17.5. The number of nitrogens with zero attached hydrogens (tertiary/aromatic N) is 4. The fraction of sp³-hybridized carbons (Fsp3) is 0.273. The van der Waals surface area contributed by atoms with E-state index < -0.39 is 4.92 Å². The standard InChI is InChI=1S/C22H25N5O4/c1-3-25(4-2)14-15-31-20-10-8-17(9-11-20)23-22(28)21-12-13-26(24-21)18-6-5-7-19(16-18)27(29)30/h5-13,16H,3-4,14-15H2,1-2H3,(H,23,28). The summed E-state index contributed by atoms with van der Waals surface area (Å²) in [5, 5.41) is 17.9. The van der Waals surface area contributed by atoms with Crippen LogP contribution in [0.2, 0.25) is 0 Å². The van der Waals surface area contributed by atoms with E-state index in [1.165, 1.54) is 16.8 Å². The summed E-state index contributed by atoms with van der Waals surface area (Å²) in [7, 11) is 0. The van der Waals surface area contributed by atoms with Gasteiger partial charge in [-0.3, -0.25) is 14.9 Å². The molecule has 3 rings (SSSR count). The molecule has 0 atom stereocenters. The van der Waals surface area contributed by atoms with Gasteiger partial charge < -0.3 is 15.0 Å². The number of non-ortho nitro benzene ring substituents is 1. The SMILES string of the molecule is CCN(CC)CCOc1ccc(NC(=O)c2ccn(-c3cccc([N+](=O)[O-])c3)n2)cc1. The van der Waals surface area contributed by atoms with E-state index in [1.54, 1.807) is 48.7 Å². The van der Waals surface area contributed by atoms with E-state index in [2.05, 4.69) is 29.2 Å². The number of nitro groups is 1. The highest BCUT2D eigenvalue weighted by molar-refractivity contribution is 6.02. The first-order chi connectivity index (χ1) is 15.0. The van der Waals surface area contributed by atoms with E-state index in [0.717, 1.165) is 25.4 Å². The Morgan fingerprint density at radius 3 is 2.58 bits per heavy atom. The minimum atomic E-state index is -0.475. The monoisotopic (exact) mass is 423 g/mol. The fourth-order valence-electron chi connectivity index (χ4n) is 3.00. The van der Waals surface area contributed by atoms with Crippen molar-refractivity contribution in [3.8, 4) is 11.4 Å². The highest BCUT2D eigenvalue weighted by Gasteiger charge is 2.12. The van der Waals surface area contributed by atoms with Gasteiger partial charge in [0.25, 0.3) is 11.6 Å². The Morgan fingerprint density at radius 2 is 1.90 bits per heavy atom. The molecule has 0 saturated carbocycles. The van der Waals surface area contributed by atoms with Crippen LogP contribution in [0.3, 0.4) is 0 Å². The number of nitrogens with one attached hydrogen (secondary N) is 1. The van der Waals surface area contributed by atoms with E-state index in [-0.39, 0.29) is 17.3 Å². The quantitative estimate of drug-likeness (QED) is 0.394. The van der Waals surface area contributed by atoms with E-state index in [1.807, 2.05) is 0 Å². The van der Waals surface area contributed by atoms with E-state index in [0.29, 0.717) is 18.0 Å². The lowest BCUT2D eigenvalue weighted by atomic mass is 10.3.